The second-order valence-corrected chi connectivity index (χ2v) is 9.02. The lowest BCUT2D eigenvalue weighted by atomic mass is 10.2. The van der Waals surface area contributed by atoms with Crippen LogP contribution in [0.15, 0.2) is 59.1 Å². The number of halogens is 1. The number of carbonyl (C=O) groups is 1. The van der Waals surface area contributed by atoms with Crippen molar-refractivity contribution in [1.29, 1.82) is 0 Å². The molecule has 0 spiro atoms. The van der Waals surface area contributed by atoms with Crippen LogP contribution < -0.4 is 9.64 Å². The van der Waals surface area contributed by atoms with Crippen LogP contribution in [0.1, 0.15) is 12.6 Å². The average Bonchev–Trinajstić information content (AvgIpc) is 3.40. The van der Waals surface area contributed by atoms with Crippen LogP contribution in [0, 0.1) is 0 Å². The highest BCUT2D eigenvalue weighted by Crippen LogP contribution is 2.36. The maximum Gasteiger partial charge on any atom is 0.230 e. The Hall–Kier alpha value is -2.88. The van der Waals surface area contributed by atoms with Crippen LogP contribution >= 0.6 is 34.7 Å². The number of thiazole rings is 1. The number of amides is 1. The first-order chi connectivity index (χ1) is 15.5. The molecule has 2 heterocycles. The number of anilines is 2. The number of methoxy groups -OCH3 is 1. The standard InChI is InChI=1S/C22H20ClN5O2S2/c1-14(29)28(18-6-4-5-7-19(18)30-3)21-24-17(12-31-21)13-32-22-26-25-20(27(22)2)15-8-10-16(23)11-9-15/h4-12H,13H2,1-3H3. The number of benzene rings is 2. The quantitative estimate of drug-likeness (QED) is 0.318. The monoisotopic (exact) mass is 485 g/mol. The van der Waals surface area contributed by atoms with Crippen LogP contribution in [-0.4, -0.2) is 32.8 Å². The third kappa shape index (κ3) is 4.64. The van der Waals surface area contributed by atoms with Crippen molar-refractivity contribution in [3.05, 3.63) is 64.6 Å². The van der Waals surface area contributed by atoms with Crippen LogP contribution in [0.5, 0.6) is 5.75 Å². The fourth-order valence-corrected chi connectivity index (χ4v) is 5.03. The van der Waals surface area contributed by atoms with E-state index in [1.165, 1.54) is 30.0 Å². The van der Waals surface area contributed by atoms with Crippen molar-refractivity contribution < 1.29 is 9.53 Å². The molecule has 0 bridgehead atoms. The minimum atomic E-state index is -0.135. The Balaban J connectivity index is 1.51. The number of carbonyl (C=O) groups excluding carboxylic acids is 1. The molecule has 0 unspecified atom stereocenters. The van der Waals surface area contributed by atoms with Gasteiger partial charge in [-0.3, -0.25) is 9.69 Å². The van der Waals surface area contributed by atoms with Crippen LogP contribution in [0.2, 0.25) is 5.02 Å². The van der Waals surface area contributed by atoms with E-state index in [0.717, 1.165) is 22.2 Å². The third-order valence-electron chi connectivity index (χ3n) is 4.66. The number of para-hydroxylation sites is 2. The lowest BCUT2D eigenvalue weighted by molar-refractivity contribution is -0.115. The van der Waals surface area contributed by atoms with Gasteiger partial charge in [0.1, 0.15) is 5.75 Å². The summed E-state index contributed by atoms with van der Waals surface area (Å²) < 4.78 is 7.36. The summed E-state index contributed by atoms with van der Waals surface area (Å²) in [5.41, 5.74) is 2.46. The summed E-state index contributed by atoms with van der Waals surface area (Å²) in [6, 6.07) is 14.9. The Bertz CT molecular complexity index is 1240. The summed E-state index contributed by atoms with van der Waals surface area (Å²) >= 11 is 8.92. The molecule has 32 heavy (non-hydrogen) atoms. The van der Waals surface area contributed by atoms with E-state index < -0.39 is 0 Å². The van der Waals surface area contributed by atoms with Crippen LogP contribution in [0.3, 0.4) is 0 Å². The maximum atomic E-state index is 12.4. The summed E-state index contributed by atoms with van der Waals surface area (Å²) in [4.78, 5) is 18.7. The number of ether oxygens (including phenoxy) is 1. The van der Waals surface area contributed by atoms with Crippen LogP contribution in [-0.2, 0) is 17.6 Å². The lowest BCUT2D eigenvalue weighted by Crippen LogP contribution is -2.23. The van der Waals surface area contributed by atoms with E-state index in [4.69, 9.17) is 16.3 Å². The van der Waals surface area contributed by atoms with E-state index >= 15 is 0 Å². The van der Waals surface area contributed by atoms with Gasteiger partial charge in [0.2, 0.25) is 5.91 Å². The second-order valence-electron chi connectivity index (χ2n) is 6.81. The summed E-state index contributed by atoms with van der Waals surface area (Å²) in [5, 5.41) is 12.6. The molecular formula is C22H20ClN5O2S2. The first-order valence-corrected chi connectivity index (χ1v) is 11.9. The zero-order valence-electron chi connectivity index (χ0n) is 17.7. The molecule has 1 amide bonds. The van der Waals surface area contributed by atoms with Gasteiger partial charge in [-0.05, 0) is 36.4 Å². The third-order valence-corrected chi connectivity index (χ3v) is 6.84. The van der Waals surface area contributed by atoms with Crippen molar-refractivity contribution in [2.24, 2.45) is 7.05 Å². The number of rotatable bonds is 7. The Morgan fingerprint density at radius 2 is 1.94 bits per heavy atom. The maximum absolute atomic E-state index is 12.4. The zero-order chi connectivity index (χ0) is 22.7. The summed E-state index contributed by atoms with van der Waals surface area (Å²) in [6.07, 6.45) is 0. The van der Waals surface area contributed by atoms with Gasteiger partial charge in [0.15, 0.2) is 16.1 Å². The van der Waals surface area contributed by atoms with E-state index in [0.29, 0.717) is 27.3 Å². The highest BCUT2D eigenvalue weighted by atomic mass is 35.5. The van der Waals surface area contributed by atoms with Gasteiger partial charge >= 0.3 is 0 Å². The molecule has 0 aliphatic rings. The van der Waals surface area contributed by atoms with Crippen molar-refractivity contribution in [1.82, 2.24) is 19.7 Å². The van der Waals surface area contributed by atoms with Gasteiger partial charge in [-0.25, -0.2) is 4.98 Å². The molecule has 2 aromatic carbocycles. The highest BCUT2D eigenvalue weighted by Gasteiger charge is 2.21. The average molecular weight is 486 g/mol. The van der Waals surface area contributed by atoms with Gasteiger partial charge in [-0.1, -0.05) is 35.5 Å². The summed E-state index contributed by atoms with van der Waals surface area (Å²) in [6.45, 7) is 1.51. The predicted molar refractivity (Wildman–Crippen MR) is 129 cm³/mol. The number of hydrogen-bond donors (Lipinski definition) is 0. The van der Waals surface area contributed by atoms with E-state index in [2.05, 4.69) is 15.2 Å². The van der Waals surface area contributed by atoms with Crippen LogP contribution in [0.4, 0.5) is 10.8 Å². The summed E-state index contributed by atoms with van der Waals surface area (Å²) in [7, 11) is 3.51. The molecule has 7 nitrogen and oxygen atoms in total. The molecule has 0 aliphatic carbocycles. The molecule has 0 aliphatic heterocycles. The van der Waals surface area contributed by atoms with E-state index in [1.807, 2.05) is 65.5 Å². The number of hydrogen-bond acceptors (Lipinski definition) is 7. The van der Waals surface area contributed by atoms with Crippen molar-refractivity contribution in [2.75, 3.05) is 12.0 Å². The van der Waals surface area contributed by atoms with E-state index in [-0.39, 0.29) is 5.91 Å². The van der Waals surface area contributed by atoms with Gasteiger partial charge in [0.05, 0.1) is 18.5 Å². The molecule has 2 aromatic heterocycles. The molecular weight excluding hydrogens is 466 g/mol. The highest BCUT2D eigenvalue weighted by molar-refractivity contribution is 7.98. The number of thioether (sulfide) groups is 1. The molecule has 0 atom stereocenters. The normalized spacial score (nSPS) is 10.9. The minimum Gasteiger partial charge on any atom is -0.495 e. The zero-order valence-corrected chi connectivity index (χ0v) is 20.0. The largest absolute Gasteiger partial charge is 0.495 e. The van der Waals surface area contributed by atoms with Crippen molar-refractivity contribution in [2.45, 2.75) is 17.8 Å². The molecule has 0 N–H and O–H groups in total. The van der Waals surface area contributed by atoms with Gasteiger partial charge in [-0.15, -0.1) is 21.5 Å². The van der Waals surface area contributed by atoms with E-state index in [9.17, 15) is 4.79 Å². The Kier molecular flexibility index (Phi) is 6.78. The Morgan fingerprint density at radius 1 is 1.19 bits per heavy atom. The predicted octanol–water partition coefficient (Wildman–Crippen LogP) is 5.58. The van der Waals surface area contributed by atoms with Crippen molar-refractivity contribution in [3.8, 4) is 17.1 Å². The Morgan fingerprint density at radius 3 is 2.66 bits per heavy atom. The molecule has 0 saturated carbocycles. The molecule has 4 aromatic rings. The summed E-state index contributed by atoms with van der Waals surface area (Å²) in [5.74, 6) is 1.84. The number of aromatic nitrogens is 4. The molecule has 0 radical (unpaired) electrons. The lowest BCUT2D eigenvalue weighted by Gasteiger charge is -2.20. The Labute approximate surface area is 199 Å². The smallest absolute Gasteiger partial charge is 0.230 e. The molecule has 0 fully saturated rings. The van der Waals surface area contributed by atoms with Crippen molar-refractivity contribution in [3.63, 3.8) is 0 Å². The van der Waals surface area contributed by atoms with Crippen LogP contribution in [0.25, 0.3) is 11.4 Å². The molecule has 4 rings (SSSR count). The van der Waals surface area contributed by atoms with Gasteiger partial charge in [0, 0.05) is 35.7 Å². The molecule has 10 heteroatoms. The van der Waals surface area contributed by atoms with Gasteiger partial charge in [0.25, 0.3) is 0 Å². The molecule has 164 valence electrons. The first kappa shape index (κ1) is 22.3. The van der Waals surface area contributed by atoms with Gasteiger partial charge < -0.3 is 9.30 Å². The second kappa shape index (κ2) is 9.72. The number of nitrogens with zero attached hydrogens (tertiary/aromatic N) is 5. The van der Waals surface area contributed by atoms with Crippen molar-refractivity contribution >= 4 is 51.4 Å². The van der Waals surface area contributed by atoms with E-state index in [1.54, 1.807) is 12.0 Å². The SMILES string of the molecule is COc1ccccc1N(C(C)=O)c1nc(CSc2nnc(-c3ccc(Cl)cc3)n2C)cs1. The topological polar surface area (TPSA) is 73.1 Å². The van der Waals surface area contributed by atoms with Gasteiger partial charge in [-0.2, -0.15) is 0 Å². The first-order valence-electron chi connectivity index (χ1n) is 9.64. The molecule has 0 saturated heterocycles. The fraction of sp³-hybridized carbons (Fsp3) is 0.182. The fourth-order valence-electron chi connectivity index (χ4n) is 3.12. The minimum absolute atomic E-state index is 0.135.